The van der Waals surface area contributed by atoms with Crippen LogP contribution in [-0.2, 0) is 32.0 Å². The Kier molecular flexibility index (Phi) is 12.6. The molecule has 228 valence electrons. The van der Waals surface area contributed by atoms with E-state index in [-0.39, 0.29) is 48.1 Å². The molecule has 1 aliphatic heterocycles. The SMILES string of the molecule is CNC(=O)C1CC(NC(=O)C(C)C)CN1C(=O)C(NC(=O)[C@H](C)NC)C1CCCCC1.c1ccc2c(c1)CCCC2. The molecule has 3 unspecified atom stereocenters. The van der Waals surface area contributed by atoms with Crippen molar-refractivity contribution in [2.75, 3.05) is 20.6 Å². The van der Waals surface area contributed by atoms with Gasteiger partial charge in [0.25, 0.3) is 0 Å². The van der Waals surface area contributed by atoms with Gasteiger partial charge in [-0.1, -0.05) is 57.4 Å². The van der Waals surface area contributed by atoms with Gasteiger partial charge >= 0.3 is 0 Å². The molecule has 1 saturated carbocycles. The molecule has 1 aromatic carbocycles. The van der Waals surface area contributed by atoms with Gasteiger partial charge in [-0.3, -0.25) is 19.2 Å². The number of rotatable bonds is 8. The van der Waals surface area contributed by atoms with Gasteiger partial charge in [0.2, 0.25) is 23.6 Å². The van der Waals surface area contributed by atoms with E-state index < -0.39 is 18.1 Å². The number of fused-ring (bicyclic) bond motifs is 1. The molecule has 1 aromatic rings. The number of carbonyl (C=O) groups is 4. The zero-order chi connectivity index (χ0) is 29.9. The van der Waals surface area contributed by atoms with E-state index in [4.69, 9.17) is 0 Å². The fraction of sp³-hybridized carbons (Fsp3) is 0.688. The van der Waals surface area contributed by atoms with Gasteiger partial charge < -0.3 is 26.2 Å². The number of benzene rings is 1. The molecule has 41 heavy (non-hydrogen) atoms. The smallest absolute Gasteiger partial charge is 0.246 e. The highest BCUT2D eigenvalue weighted by Gasteiger charge is 2.44. The van der Waals surface area contributed by atoms with E-state index in [1.807, 2.05) is 0 Å². The van der Waals surface area contributed by atoms with E-state index in [9.17, 15) is 19.2 Å². The van der Waals surface area contributed by atoms with Crippen molar-refractivity contribution < 1.29 is 19.2 Å². The van der Waals surface area contributed by atoms with Gasteiger partial charge in [-0.25, -0.2) is 0 Å². The van der Waals surface area contributed by atoms with Crippen molar-refractivity contribution in [2.24, 2.45) is 11.8 Å². The van der Waals surface area contributed by atoms with Crippen LogP contribution in [0, 0.1) is 11.8 Å². The third-order valence-electron chi connectivity index (χ3n) is 8.78. The zero-order valence-electron chi connectivity index (χ0n) is 25.6. The first-order valence-electron chi connectivity index (χ1n) is 15.5. The molecule has 1 saturated heterocycles. The Balaban J connectivity index is 0.000000382. The molecule has 4 rings (SSSR count). The fourth-order valence-corrected chi connectivity index (χ4v) is 6.08. The second-order valence-electron chi connectivity index (χ2n) is 12.1. The highest BCUT2D eigenvalue weighted by atomic mass is 16.2. The summed E-state index contributed by atoms with van der Waals surface area (Å²) in [6, 6.07) is 6.75. The molecule has 0 bridgehead atoms. The van der Waals surface area contributed by atoms with E-state index in [2.05, 4.69) is 45.5 Å². The van der Waals surface area contributed by atoms with E-state index >= 15 is 0 Å². The lowest BCUT2D eigenvalue weighted by molar-refractivity contribution is -0.143. The largest absolute Gasteiger partial charge is 0.357 e. The van der Waals surface area contributed by atoms with Crippen LogP contribution >= 0.6 is 0 Å². The van der Waals surface area contributed by atoms with Crippen molar-refractivity contribution in [1.29, 1.82) is 0 Å². The Morgan fingerprint density at radius 1 is 0.854 bits per heavy atom. The second kappa shape index (κ2) is 15.9. The summed E-state index contributed by atoms with van der Waals surface area (Å²) in [5.41, 5.74) is 3.16. The number of amides is 4. The molecule has 9 heteroatoms. The van der Waals surface area contributed by atoms with Crippen LogP contribution in [0.1, 0.15) is 83.3 Å². The van der Waals surface area contributed by atoms with Crippen molar-refractivity contribution >= 4 is 23.6 Å². The predicted molar refractivity (Wildman–Crippen MR) is 161 cm³/mol. The average Bonchev–Trinajstić information content (AvgIpc) is 3.43. The third kappa shape index (κ3) is 9.02. The van der Waals surface area contributed by atoms with E-state index in [0.717, 1.165) is 32.1 Å². The molecule has 0 spiro atoms. The lowest BCUT2D eigenvalue weighted by Gasteiger charge is -2.35. The number of nitrogens with zero attached hydrogens (tertiary/aromatic N) is 1. The van der Waals surface area contributed by atoms with Crippen LogP contribution in [0.4, 0.5) is 0 Å². The summed E-state index contributed by atoms with van der Waals surface area (Å²) < 4.78 is 0. The molecule has 0 radical (unpaired) electrons. The number of likely N-dealkylation sites (N-methyl/N-ethyl adjacent to an activating group) is 2. The van der Waals surface area contributed by atoms with Crippen LogP contribution in [0.5, 0.6) is 0 Å². The molecule has 4 amide bonds. The van der Waals surface area contributed by atoms with Gasteiger partial charge in [-0.2, -0.15) is 0 Å². The molecule has 9 nitrogen and oxygen atoms in total. The highest BCUT2D eigenvalue weighted by molar-refractivity contribution is 5.94. The summed E-state index contributed by atoms with van der Waals surface area (Å²) in [6.07, 6.45) is 10.7. The maximum atomic E-state index is 13.7. The Hall–Kier alpha value is -2.94. The Morgan fingerprint density at radius 3 is 2.00 bits per heavy atom. The molecule has 4 N–H and O–H groups in total. The van der Waals surface area contributed by atoms with Crippen molar-refractivity contribution in [2.45, 2.75) is 109 Å². The fourth-order valence-electron chi connectivity index (χ4n) is 6.08. The van der Waals surface area contributed by atoms with Crippen LogP contribution in [0.3, 0.4) is 0 Å². The van der Waals surface area contributed by atoms with E-state index in [1.54, 1.807) is 50.9 Å². The number of carbonyl (C=O) groups excluding carboxylic acids is 4. The molecule has 4 atom stereocenters. The molecule has 2 aliphatic carbocycles. The first kappa shape index (κ1) is 32.6. The topological polar surface area (TPSA) is 120 Å². The Morgan fingerprint density at radius 2 is 1.46 bits per heavy atom. The predicted octanol–water partition coefficient (Wildman–Crippen LogP) is 2.71. The summed E-state index contributed by atoms with van der Waals surface area (Å²) in [4.78, 5) is 52.6. The highest BCUT2D eigenvalue weighted by Crippen LogP contribution is 2.29. The lowest BCUT2D eigenvalue weighted by Crippen LogP contribution is -2.58. The third-order valence-corrected chi connectivity index (χ3v) is 8.78. The van der Waals surface area contributed by atoms with Crippen LogP contribution < -0.4 is 21.3 Å². The van der Waals surface area contributed by atoms with Gasteiger partial charge in [0.05, 0.1) is 6.04 Å². The maximum absolute atomic E-state index is 13.7. The zero-order valence-corrected chi connectivity index (χ0v) is 25.6. The minimum absolute atomic E-state index is 0.0453. The lowest BCUT2D eigenvalue weighted by atomic mass is 9.83. The van der Waals surface area contributed by atoms with Crippen LogP contribution in [0.15, 0.2) is 24.3 Å². The normalized spacial score (nSPS) is 22.0. The van der Waals surface area contributed by atoms with Gasteiger partial charge in [-0.15, -0.1) is 0 Å². The molecular formula is C32H51N5O4. The van der Waals surface area contributed by atoms with E-state index in [1.165, 1.54) is 25.7 Å². The summed E-state index contributed by atoms with van der Waals surface area (Å²) in [6.45, 7) is 5.62. The van der Waals surface area contributed by atoms with Crippen LogP contribution in [0.25, 0.3) is 0 Å². The van der Waals surface area contributed by atoms with Crippen molar-refractivity contribution in [3.05, 3.63) is 35.4 Å². The monoisotopic (exact) mass is 569 g/mol. The van der Waals surface area contributed by atoms with Gasteiger partial charge in [0.15, 0.2) is 0 Å². The summed E-state index contributed by atoms with van der Waals surface area (Å²) in [7, 11) is 3.24. The quantitative estimate of drug-likeness (QED) is 0.384. The first-order chi connectivity index (χ1) is 19.7. The minimum Gasteiger partial charge on any atom is -0.357 e. The van der Waals surface area contributed by atoms with Crippen LogP contribution in [0.2, 0.25) is 0 Å². The molecule has 1 heterocycles. The number of nitrogens with one attached hydrogen (secondary N) is 4. The molecular weight excluding hydrogens is 518 g/mol. The Labute approximate surface area is 246 Å². The first-order valence-corrected chi connectivity index (χ1v) is 15.5. The summed E-state index contributed by atoms with van der Waals surface area (Å²) in [5, 5.41) is 11.4. The number of hydrogen-bond acceptors (Lipinski definition) is 5. The average molecular weight is 570 g/mol. The molecule has 0 aromatic heterocycles. The minimum atomic E-state index is -0.671. The van der Waals surface area contributed by atoms with Gasteiger partial charge in [0, 0.05) is 25.6 Å². The number of aryl methyl sites for hydroxylation is 2. The van der Waals surface area contributed by atoms with Gasteiger partial charge in [0.1, 0.15) is 12.1 Å². The second-order valence-corrected chi connectivity index (χ2v) is 12.1. The maximum Gasteiger partial charge on any atom is 0.246 e. The van der Waals surface area contributed by atoms with E-state index in [0.29, 0.717) is 6.42 Å². The van der Waals surface area contributed by atoms with Crippen molar-refractivity contribution in [3.63, 3.8) is 0 Å². The summed E-state index contributed by atoms with van der Waals surface area (Å²) >= 11 is 0. The van der Waals surface area contributed by atoms with Gasteiger partial charge in [-0.05, 0) is 76.0 Å². The number of hydrogen-bond donors (Lipinski definition) is 4. The molecule has 2 fully saturated rings. The van der Waals surface area contributed by atoms with Crippen molar-refractivity contribution in [1.82, 2.24) is 26.2 Å². The summed E-state index contributed by atoms with van der Waals surface area (Å²) in [5.74, 6) is -0.962. The number of likely N-dealkylation sites (tertiary alicyclic amines) is 1. The standard InChI is InChI=1S/C22H39N5O4.C10H12/c1-13(2)19(28)25-16-11-17(21(30)24-5)27(12-16)22(31)18(15-9-7-6-8-10-15)26-20(29)14(3)23-4;1-2-6-10-8-4-3-7-9(10)5-1/h13-18,23H,6-12H2,1-5H3,(H,24,30)(H,25,28)(H,26,29);1-2,5-6H,3-4,7-8H2/t14-,16?,17?,18?;/m0./s1. The Bertz CT molecular complexity index is 1010. The molecule has 3 aliphatic rings. The van der Waals surface area contributed by atoms with Crippen molar-refractivity contribution in [3.8, 4) is 0 Å². The van der Waals surface area contributed by atoms with Crippen LogP contribution in [-0.4, -0.2) is 73.3 Å².